The molecule has 0 fully saturated rings. The third kappa shape index (κ3) is 4.22. The molecule has 0 aromatic heterocycles. The van der Waals surface area contributed by atoms with Crippen LogP contribution >= 0.6 is 11.6 Å². The number of rotatable bonds is 6. The van der Waals surface area contributed by atoms with Gasteiger partial charge < -0.3 is 9.84 Å². The molecule has 4 rings (SSSR count). The fourth-order valence-electron chi connectivity index (χ4n) is 3.43. The summed E-state index contributed by atoms with van der Waals surface area (Å²) in [6, 6.07) is 30.2. The average Bonchev–Trinajstić information content (AvgIpc) is 2.78. The van der Waals surface area contributed by atoms with Crippen LogP contribution in [-0.4, -0.2) is 11.1 Å². The van der Waals surface area contributed by atoms with Gasteiger partial charge in [-0.2, -0.15) is 0 Å². The lowest BCUT2D eigenvalue weighted by Crippen LogP contribution is -2.01. The minimum absolute atomic E-state index is 0.203. The summed E-state index contributed by atoms with van der Waals surface area (Å²) in [5.74, 6) is -0.266. The van der Waals surface area contributed by atoms with E-state index < -0.39 is 5.97 Å². The summed E-state index contributed by atoms with van der Waals surface area (Å²) < 4.78 is 6.13. The minimum Gasteiger partial charge on any atom is -0.488 e. The molecule has 0 aliphatic carbocycles. The predicted octanol–water partition coefficient (Wildman–Crippen LogP) is 6.95. The molecule has 0 saturated heterocycles. The SMILES string of the molecule is O=C(O)c1ccc(Cl)cc1-c1ccccc1-c1ccccc1OCc1ccccc1. The molecule has 148 valence electrons. The van der Waals surface area contributed by atoms with Crippen molar-refractivity contribution in [3.63, 3.8) is 0 Å². The van der Waals surface area contributed by atoms with Crippen molar-refractivity contribution in [2.24, 2.45) is 0 Å². The molecule has 0 aliphatic rings. The van der Waals surface area contributed by atoms with Crippen molar-refractivity contribution >= 4 is 17.6 Å². The van der Waals surface area contributed by atoms with Crippen molar-refractivity contribution < 1.29 is 14.6 Å². The monoisotopic (exact) mass is 414 g/mol. The van der Waals surface area contributed by atoms with Gasteiger partial charge in [0.05, 0.1) is 5.56 Å². The average molecular weight is 415 g/mol. The molecule has 0 heterocycles. The van der Waals surface area contributed by atoms with Crippen LogP contribution < -0.4 is 4.74 Å². The first-order chi connectivity index (χ1) is 14.6. The van der Waals surface area contributed by atoms with E-state index in [4.69, 9.17) is 16.3 Å². The fourth-order valence-corrected chi connectivity index (χ4v) is 3.60. The molecule has 0 spiro atoms. The highest BCUT2D eigenvalue weighted by Crippen LogP contribution is 2.39. The summed E-state index contributed by atoms with van der Waals surface area (Å²) in [6.07, 6.45) is 0. The Morgan fingerprint density at radius 2 is 1.33 bits per heavy atom. The van der Waals surface area contributed by atoms with Gasteiger partial charge in [-0.25, -0.2) is 4.79 Å². The number of hydrogen-bond acceptors (Lipinski definition) is 2. The van der Waals surface area contributed by atoms with Crippen LogP contribution in [0.1, 0.15) is 15.9 Å². The Labute approximate surface area is 180 Å². The van der Waals surface area contributed by atoms with Gasteiger partial charge >= 0.3 is 5.97 Å². The van der Waals surface area contributed by atoms with Crippen molar-refractivity contribution in [3.8, 4) is 28.0 Å². The van der Waals surface area contributed by atoms with E-state index in [1.807, 2.05) is 78.9 Å². The summed E-state index contributed by atoms with van der Waals surface area (Å²) >= 11 is 6.20. The van der Waals surface area contributed by atoms with Crippen molar-refractivity contribution in [2.45, 2.75) is 6.61 Å². The summed E-state index contributed by atoms with van der Waals surface area (Å²) in [7, 11) is 0. The van der Waals surface area contributed by atoms with Gasteiger partial charge in [0, 0.05) is 10.6 Å². The molecule has 0 radical (unpaired) electrons. The largest absolute Gasteiger partial charge is 0.488 e. The Hall–Kier alpha value is -3.56. The lowest BCUT2D eigenvalue weighted by Gasteiger charge is -2.16. The van der Waals surface area contributed by atoms with Crippen LogP contribution in [0.15, 0.2) is 97.1 Å². The van der Waals surface area contributed by atoms with E-state index in [0.717, 1.165) is 28.0 Å². The zero-order chi connectivity index (χ0) is 20.9. The van der Waals surface area contributed by atoms with E-state index in [2.05, 4.69) is 0 Å². The number of carboxylic acids is 1. The van der Waals surface area contributed by atoms with E-state index in [9.17, 15) is 9.90 Å². The highest BCUT2D eigenvalue weighted by atomic mass is 35.5. The van der Waals surface area contributed by atoms with Gasteiger partial charge in [0.1, 0.15) is 12.4 Å². The topological polar surface area (TPSA) is 46.5 Å². The first-order valence-electron chi connectivity index (χ1n) is 9.52. The molecule has 0 aliphatic heterocycles. The van der Waals surface area contributed by atoms with Gasteiger partial charge in [-0.1, -0.05) is 84.4 Å². The quantitative estimate of drug-likeness (QED) is 0.371. The summed E-state index contributed by atoms with van der Waals surface area (Å²) in [4.78, 5) is 11.8. The van der Waals surface area contributed by atoms with E-state index in [0.29, 0.717) is 17.2 Å². The number of aromatic carboxylic acids is 1. The lowest BCUT2D eigenvalue weighted by molar-refractivity contribution is 0.0697. The summed E-state index contributed by atoms with van der Waals surface area (Å²) in [5.41, 5.74) is 4.40. The van der Waals surface area contributed by atoms with Crippen molar-refractivity contribution in [2.75, 3.05) is 0 Å². The maximum atomic E-state index is 11.8. The Morgan fingerprint density at radius 1 is 0.733 bits per heavy atom. The molecule has 0 unspecified atom stereocenters. The molecule has 0 bridgehead atoms. The Balaban J connectivity index is 1.79. The van der Waals surface area contributed by atoms with Crippen molar-refractivity contribution in [3.05, 3.63) is 113 Å². The summed E-state index contributed by atoms with van der Waals surface area (Å²) in [5, 5.41) is 10.2. The second kappa shape index (κ2) is 8.85. The third-order valence-electron chi connectivity index (χ3n) is 4.84. The van der Waals surface area contributed by atoms with Crippen LogP contribution in [0.5, 0.6) is 5.75 Å². The second-order valence-electron chi connectivity index (χ2n) is 6.81. The van der Waals surface area contributed by atoms with Crippen LogP contribution in [0.4, 0.5) is 0 Å². The van der Waals surface area contributed by atoms with Gasteiger partial charge in [-0.05, 0) is 46.5 Å². The number of carbonyl (C=O) groups is 1. The first kappa shape index (κ1) is 19.7. The van der Waals surface area contributed by atoms with E-state index in [-0.39, 0.29) is 5.56 Å². The van der Waals surface area contributed by atoms with Gasteiger partial charge in [0.15, 0.2) is 0 Å². The molecular formula is C26H19ClO3. The van der Waals surface area contributed by atoms with E-state index >= 15 is 0 Å². The maximum Gasteiger partial charge on any atom is 0.336 e. The molecule has 30 heavy (non-hydrogen) atoms. The number of halogens is 1. The summed E-state index contributed by atoms with van der Waals surface area (Å²) in [6.45, 7) is 0.442. The minimum atomic E-state index is -0.995. The van der Waals surface area contributed by atoms with Gasteiger partial charge in [-0.15, -0.1) is 0 Å². The molecule has 1 N–H and O–H groups in total. The van der Waals surface area contributed by atoms with Gasteiger partial charge in [0.25, 0.3) is 0 Å². The molecule has 0 atom stereocenters. The third-order valence-corrected chi connectivity index (χ3v) is 5.08. The van der Waals surface area contributed by atoms with Crippen LogP contribution in [0.25, 0.3) is 22.3 Å². The highest BCUT2D eigenvalue weighted by Gasteiger charge is 2.17. The van der Waals surface area contributed by atoms with Crippen LogP contribution in [-0.2, 0) is 6.61 Å². The van der Waals surface area contributed by atoms with Crippen LogP contribution in [0, 0.1) is 0 Å². The Kier molecular flexibility index (Phi) is 5.82. The predicted molar refractivity (Wildman–Crippen MR) is 120 cm³/mol. The molecular weight excluding hydrogens is 396 g/mol. The smallest absolute Gasteiger partial charge is 0.336 e. The molecule has 4 heteroatoms. The van der Waals surface area contributed by atoms with Crippen LogP contribution in [0.3, 0.4) is 0 Å². The second-order valence-corrected chi connectivity index (χ2v) is 7.25. The van der Waals surface area contributed by atoms with Gasteiger partial charge in [0.2, 0.25) is 0 Å². The standard InChI is InChI=1S/C26H19ClO3/c27-19-14-15-23(26(28)29)24(16-19)21-11-5-4-10-20(21)22-12-6-7-13-25(22)30-17-18-8-2-1-3-9-18/h1-16H,17H2,(H,28,29). The van der Waals surface area contributed by atoms with Crippen molar-refractivity contribution in [1.29, 1.82) is 0 Å². The lowest BCUT2D eigenvalue weighted by atomic mass is 9.91. The maximum absolute atomic E-state index is 11.8. The molecule has 3 nitrogen and oxygen atoms in total. The fraction of sp³-hybridized carbons (Fsp3) is 0.0385. The van der Waals surface area contributed by atoms with E-state index in [1.54, 1.807) is 12.1 Å². The number of ether oxygens (including phenoxy) is 1. The Bertz CT molecular complexity index is 1190. The van der Waals surface area contributed by atoms with Gasteiger partial charge in [-0.3, -0.25) is 0 Å². The highest BCUT2D eigenvalue weighted by molar-refractivity contribution is 6.31. The van der Waals surface area contributed by atoms with Crippen LogP contribution in [0.2, 0.25) is 5.02 Å². The number of para-hydroxylation sites is 1. The molecule has 4 aromatic rings. The number of hydrogen-bond donors (Lipinski definition) is 1. The molecule has 4 aromatic carbocycles. The van der Waals surface area contributed by atoms with Crippen molar-refractivity contribution in [1.82, 2.24) is 0 Å². The molecule has 0 amide bonds. The van der Waals surface area contributed by atoms with E-state index in [1.165, 1.54) is 6.07 Å². The first-order valence-corrected chi connectivity index (χ1v) is 9.89. The zero-order valence-electron chi connectivity index (χ0n) is 16.1. The zero-order valence-corrected chi connectivity index (χ0v) is 16.8. The number of benzene rings is 4. The number of carboxylic acid groups (broad SMARTS) is 1. The Morgan fingerprint density at radius 3 is 2.03 bits per heavy atom. The molecule has 0 saturated carbocycles. The normalized spacial score (nSPS) is 10.6.